The molecule has 0 amide bonds. The molecule has 1 heterocycles. The standard InChI is InChI=1S/C25H32BrNO2Si/c1-17(2)30(18(3)4,19(5)6)29-25-22-14-21(26)15-27-23(22)12-13-24(25)28-16-20-10-8-7-9-11-20/h7-15,17-19H,16H2,1-6H3. The Bertz CT molecular complexity index is 967. The molecule has 0 bridgehead atoms. The maximum atomic E-state index is 7.13. The molecule has 0 radical (unpaired) electrons. The van der Waals surface area contributed by atoms with Crippen LogP contribution in [0.3, 0.4) is 0 Å². The van der Waals surface area contributed by atoms with Crippen LogP contribution in [0.2, 0.25) is 16.6 Å². The van der Waals surface area contributed by atoms with Crippen LogP contribution in [-0.2, 0) is 6.61 Å². The van der Waals surface area contributed by atoms with Crippen molar-refractivity contribution >= 4 is 35.2 Å². The summed E-state index contributed by atoms with van der Waals surface area (Å²) in [5.74, 6) is 1.62. The van der Waals surface area contributed by atoms with Crippen molar-refractivity contribution in [3.05, 3.63) is 64.8 Å². The normalized spacial score (nSPS) is 12.2. The van der Waals surface area contributed by atoms with E-state index in [1.54, 1.807) is 0 Å². The average molecular weight is 487 g/mol. The Hall–Kier alpha value is -1.85. The molecule has 3 rings (SSSR count). The summed E-state index contributed by atoms with van der Waals surface area (Å²) in [5, 5.41) is 0.994. The highest BCUT2D eigenvalue weighted by Gasteiger charge is 2.47. The molecule has 0 atom stereocenters. The predicted molar refractivity (Wildman–Crippen MR) is 132 cm³/mol. The lowest BCUT2D eigenvalue weighted by atomic mass is 10.2. The molecule has 3 nitrogen and oxygen atoms in total. The number of nitrogens with zero attached hydrogens (tertiary/aromatic N) is 1. The van der Waals surface area contributed by atoms with Gasteiger partial charge in [-0.2, -0.15) is 0 Å². The number of benzene rings is 2. The van der Waals surface area contributed by atoms with Crippen LogP contribution in [0.1, 0.15) is 47.1 Å². The van der Waals surface area contributed by atoms with Crippen molar-refractivity contribution < 1.29 is 9.16 Å². The van der Waals surface area contributed by atoms with E-state index in [2.05, 4.69) is 80.7 Å². The van der Waals surface area contributed by atoms with Crippen molar-refractivity contribution in [3.8, 4) is 11.5 Å². The average Bonchev–Trinajstić information content (AvgIpc) is 2.70. The molecule has 1 aromatic heterocycles. The highest BCUT2D eigenvalue weighted by atomic mass is 79.9. The van der Waals surface area contributed by atoms with Gasteiger partial charge in [0.05, 0.1) is 5.52 Å². The highest BCUT2D eigenvalue weighted by molar-refractivity contribution is 9.10. The van der Waals surface area contributed by atoms with Crippen LogP contribution in [0.5, 0.6) is 11.5 Å². The molecular weight excluding hydrogens is 454 g/mol. The van der Waals surface area contributed by atoms with E-state index in [1.807, 2.05) is 36.5 Å². The van der Waals surface area contributed by atoms with Gasteiger partial charge in [-0.1, -0.05) is 71.9 Å². The number of hydrogen-bond donors (Lipinski definition) is 0. The Labute approximate surface area is 190 Å². The quantitative estimate of drug-likeness (QED) is 0.301. The Morgan fingerprint density at radius 1 is 0.900 bits per heavy atom. The fourth-order valence-electron chi connectivity index (χ4n) is 4.61. The fraction of sp³-hybridized carbons (Fsp3) is 0.400. The number of halogens is 1. The van der Waals surface area contributed by atoms with Crippen molar-refractivity contribution in [1.82, 2.24) is 4.98 Å². The summed E-state index contributed by atoms with van der Waals surface area (Å²) >= 11 is 3.59. The van der Waals surface area contributed by atoms with E-state index in [-0.39, 0.29) is 0 Å². The smallest absolute Gasteiger partial charge is 0.258 e. The number of rotatable bonds is 8. The molecule has 0 fully saturated rings. The van der Waals surface area contributed by atoms with Crippen molar-refractivity contribution in [1.29, 1.82) is 0 Å². The number of ether oxygens (including phenoxy) is 1. The summed E-state index contributed by atoms with van der Waals surface area (Å²) in [6.45, 7) is 14.3. The molecule has 0 spiro atoms. The third-order valence-electron chi connectivity index (χ3n) is 5.97. The van der Waals surface area contributed by atoms with Crippen molar-refractivity contribution in [2.75, 3.05) is 0 Å². The second-order valence-corrected chi connectivity index (χ2v) is 15.1. The summed E-state index contributed by atoms with van der Waals surface area (Å²) in [5.41, 5.74) is 3.45. The highest BCUT2D eigenvalue weighted by Crippen LogP contribution is 2.47. The van der Waals surface area contributed by atoms with E-state index in [0.29, 0.717) is 23.2 Å². The topological polar surface area (TPSA) is 31.4 Å². The van der Waals surface area contributed by atoms with Crippen LogP contribution >= 0.6 is 15.9 Å². The Morgan fingerprint density at radius 2 is 1.53 bits per heavy atom. The Kier molecular flexibility index (Phi) is 7.24. The lowest BCUT2D eigenvalue weighted by molar-refractivity contribution is 0.294. The summed E-state index contributed by atoms with van der Waals surface area (Å²) < 4.78 is 14.4. The zero-order chi connectivity index (χ0) is 21.9. The lowest BCUT2D eigenvalue weighted by Crippen LogP contribution is -2.50. The molecule has 0 saturated carbocycles. The van der Waals surface area contributed by atoms with E-state index < -0.39 is 8.32 Å². The largest absolute Gasteiger partial charge is 0.540 e. The molecule has 0 aliphatic heterocycles. The van der Waals surface area contributed by atoms with Crippen molar-refractivity contribution in [3.63, 3.8) is 0 Å². The molecular formula is C25H32BrNO2Si. The first-order chi connectivity index (χ1) is 14.3. The van der Waals surface area contributed by atoms with Gasteiger partial charge in [0.1, 0.15) is 6.61 Å². The van der Waals surface area contributed by atoms with Crippen LogP contribution in [0.15, 0.2) is 59.2 Å². The predicted octanol–water partition coefficient (Wildman–Crippen LogP) is 8.13. The van der Waals surface area contributed by atoms with Gasteiger partial charge in [0.2, 0.25) is 0 Å². The third kappa shape index (κ3) is 4.57. The summed E-state index contributed by atoms with van der Waals surface area (Å²) in [4.78, 5) is 4.60. The maximum absolute atomic E-state index is 7.13. The molecule has 5 heteroatoms. The first kappa shape index (κ1) is 22.8. The molecule has 0 aliphatic carbocycles. The minimum Gasteiger partial charge on any atom is -0.540 e. The van der Waals surface area contributed by atoms with E-state index in [1.165, 1.54) is 0 Å². The van der Waals surface area contributed by atoms with Gasteiger partial charge < -0.3 is 9.16 Å². The van der Waals surface area contributed by atoms with Crippen molar-refractivity contribution in [2.45, 2.75) is 64.8 Å². The summed E-state index contributed by atoms with van der Waals surface area (Å²) in [6, 6.07) is 16.3. The molecule has 30 heavy (non-hydrogen) atoms. The Morgan fingerprint density at radius 3 is 2.13 bits per heavy atom. The van der Waals surface area contributed by atoms with Gasteiger partial charge in [-0.05, 0) is 56.3 Å². The first-order valence-electron chi connectivity index (χ1n) is 10.7. The van der Waals surface area contributed by atoms with Gasteiger partial charge >= 0.3 is 0 Å². The zero-order valence-corrected chi connectivity index (χ0v) is 21.4. The van der Waals surface area contributed by atoms with E-state index in [9.17, 15) is 0 Å². The molecule has 0 N–H and O–H groups in total. The van der Waals surface area contributed by atoms with Gasteiger partial charge in [-0.3, -0.25) is 4.98 Å². The summed E-state index contributed by atoms with van der Waals surface area (Å²) in [6.07, 6.45) is 1.83. The maximum Gasteiger partial charge on any atom is 0.258 e. The van der Waals surface area contributed by atoms with Crippen LogP contribution in [0.4, 0.5) is 0 Å². The van der Waals surface area contributed by atoms with Gasteiger partial charge in [-0.25, -0.2) is 0 Å². The van der Waals surface area contributed by atoms with Crippen molar-refractivity contribution in [2.24, 2.45) is 0 Å². The fourth-order valence-corrected chi connectivity index (χ4v) is 10.2. The molecule has 160 valence electrons. The number of hydrogen-bond acceptors (Lipinski definition) is 3. The zero-order valence-electron chi connectivity index (χ0n) is 18.8. The van der Waals surface area contributed by atoms with E-state index in [4.69, 9.17) is 9.16 Å². The second kappa shape index (κ2) is 9.52. The van der Waals surface area contributed by atoms with Crippen LogP contribution in [-0.4, -0.2) is 13.3 Å². The van der Waals surface area contributed by atoms with E-state index in [0.717, 1.165) is 32.4 Å². The van der Waals surface area contributed by atoms with E-state index >= 15 is 0 Å². The molecule has 3 aromatic rings. The molecule has 0 saturated heterocycles. The summed E-state index contributed by atoms with van der Waals surface area (Å²) in [7, 11) is -2.17. The lowest BCUT2D eigenvalue weighted by Gasteiger charge is -2.42. The molecule has 2 aromatic carbocycles. The minimum absolute atomic E-state index is 0.467. The SMILES string of the molecule is CC(C)[Si](Oc1c(OCc2ccccc2)ccc2ncc(Br)cc12)(C(C)C)C(C)C. The number of pyridine rings is 1. The number of fused-ring (bicyclic) bond motifs is 1. The van der Waals surface area contributed by atoms with Gasteiger partial charge in [0.25, 0.3) is 8.32 Å². The third-order valence-corrected chi connectivity index (χ3v) is 12.4. The molecule has 0 aliphatic rings. The molecule has 0 unspecified atom stereocenters. The Balaban J connectivity index is 2.12. The number of aromatic nitrogens is 1. The minimum atomic E-state index is -2.17. The van der Waals surface area contributed by atoms with Crippen LogP contribution in [0, 0.1) is 0 Å². The van der Waals surface area contributed by atoms with Crippen LogP contribution in [0.25, 0.3) is 10.9 Å². The second-order valence-electron chi connectivity index (χ2n) is 8.81. The first-order valence-corrected chi connectivity index (χ1v) is 13.6. The van der Waals surface area contributed by atoms with Crippen LogP contribution < -0.4 is 9.16 Å². The monoisotopic (exact) mass is 485 g/mol. The van der Waals surface area contributed by atoms with Gasteiger partial charge in [0, 0.05) is 16.1 Å². The van der Waals surface area contributed by atoms with Gasteiger partial charge in [0.15, 0.2) is 11.5 Å². The van der Waals surface area contributed by atoms with Gasteiger partial charge in [-0.15, -0.1) is 0 Å².